The Labute approximate surface area is 184 Å². The maximum Gasteiger partial charge on any atom is 0.255 e. The Bertz CT molecular complexity index is 1070. The van der Waals surface area contributed by atoms with Gasteiger partial charge in [0.15, 0.2) is 0 Å². The molecule has 1 saturated heterocycles. The SMILES string of the molecule is Cc1c(C(=O)NCc2cccc(C(=O)N3CCCC3)c2)cnn1-c1ccc(Br)cc1. The van der Waals surface area contributed by atoms with Crippen LogP contribution in [0.15, 0.2) is 59.2 Å². The first-order valence-electron chi connectivity index (χ1n) is 10.00. The van der Waals surface area contributed by atoms with Gasteiger partial charge in [-0.3, -0.25) is 9.59 Å². The third-order valence-corrected chi connectivity index (χ3v) is 5.87. The van der Waals surface area contributed by atoms with Crippen LogP contribution in [0.5, 0.6) is 0 Å². The molecule has 1 aromatic heterocycles. The molecule has 1 N–H and O–H groups in total. The number of nitrogens with zero attached hydrogens (tertiary/aromatic N) is 3. The molecule has 0 bridgehead atoms. The number of hydrogen-bond donors (Lipinski definition) is 1. The Morgan fingerprint density at radius 1 is 1.10 bits per heavy atom. The molecule has 0 saturated carbocycles. The summed E-state index contributed by atoms with van der Waals surface area (Å²) in [6.07, 6.45) is 3.71. The van der Waals surface area contributed by atoms with Gasteiger partial charge in [-0.2, -0.15) is 5.10 Å². The summed E-state index contributed by atoms with van der Waals surface area (Å²) < 4.78 is 2.73. The van der Waals surface area contributed by atoms with Crippen molar-refractivity contribution < 1.29 is 9.59 Å². The first kappa shape index (κ1) is 20.3. The van der Waals surface area contributed by atoms with E-state index in [-0.39, 0.29) is 11.8 Å². The highest BCUT2D eigenvalue weighted by Crippen LogP contribution is 2.18. The smallest absolute Gasteiger partial charge is 0.255 e. The van der Waals surface area contributed by atoms with E-state index in [0.29, 0.717) is 17.7 Å². The minimum absolute atomic E-state index is 0.0623. The molecule has 2 aromatic carbocycles. The van der Waals surface area contributed by atoms with E-state index in [1.807, 2.05) is 60.4 Å². The van der Waals surface area contributed by atoms with Gasteiger partial charge in [0.25, 0.3) is 11.8 Å². The van der Waals surface area contributed by atoms with Crippen LogP contribution in [-0.4, -0.2) is 39.6 Å². The lowest BCUT2D eigenvalue weighted by atomic mass is 10.1. The fourth-order valence-electron chi connectivity index (χ4n) is 3.67. The molecule has 6 nitrogen and oxygen atoms in total. The Morgan fingerprint density at radius 3 is 2.57 bits per heavy atom. The molecule has 0 aliphatic carbocycles. The predicted octanol–water partition coefficient (Wildman–Crippen LogP) is 4.11. The van der Waals surface area contributed by atoms with E-state index >= 15 is 0 Å². The number of rotatable bonds is 5. The molecular formula is C23H23BrN4O2. The van der Waals surface area contributed by atoms with E-state index in [1.54, 1.807) is 10.9 Å². The van der Waals surface area contributed by atoms with Crippen LogP contribution >= 0.6 is 15.9 Å². The Hall–Kier alpha value is -2.93. The van der Waals surface area contributed by atoms with Crippen molar-refractivity contribution in [3.8, 4) is 5.69 Å². The standard InChI is InChI=1S/C23H23BrN4O2/c1-16-21(15-26-28(16)20-9-7-19(24)8-10-20)22(29)25-14-17-5-4-6-18(13-17)23(30)27-11-2-3-12-27/h4-10,13,15H,2-3,11-12,14H2,1H3,(H,25,29). The lowest BCUT2D eigenvalue weighted by molar-refractivity contribution is 0.0792. The van der Waals surface area contributed by atoms with Crippen LogP contribution in [0.1, 0.15) is 44.8 Å². The molecule has 0 spiro atoms. The molecule has 1 aliphatic heterocycles. The number of hydrogen-bond acceptors (Lipinski definition) is 3. The van der Waals surface area contributed by atoms with Crippen LogP contribution in [0.25, 0.3) is 5.69 Å². The van der Waals surface area contributed by atoms with Crippen LogP contribution in [0.4, 0.5) is 0 Å². The summed E-state index contributed by atoms with van der Waals surface area (Å²) in [6, 6.07) is 15.2. The van der Waals surface area contributed by atoms with Crippen molar-refractivity contribution >= 4 is 27.7 Å². The van der Waals surface area contributed by atoms with Crippen molar-refractivity contribution in [2.75, 3.05) is 13.1 Å². The molecule has 4 rings (SSSR count). The second-order valence-corrected chi connectivity index (χ2v) is 8.33. The van der Waals surface area contributed by atoms with Crippen LogP contribution in [0.3, 0.4) is 0 Å². The zero-order valence-electron chi connectivity index (χ0n) is 16.8. The van der Waals surface area contributed by atoms with E-state index in [1.165, 1.54) is 0 Å². The van der Waals surface area contributed by atoms with Gasteiger partial charge in [0.05, 0.1) is 23.1 Å². The van der Waals surface area contributed by atoms with Gasteiger partial charge < -0.3 is 10.2 Å². The molecule has 0 unspecified atom stereocenters. The molecule has 2 heterocycles. The van der Waals surface area contributed by atoms with E-state index in [2.05, 4.69) is 26.3 Å². The third kappa shape index (κ3) is 4.31. The summed E-state index contributed by atoms with van der Waals surface area (Å²) in [5, 5.41) is 7.30. The van der Waals surface area contributed by atoms with Crippen LogP contribution in [-0.2, 0) is 6.54 Å². The van der Waals surface area contributed by atoms with Crippen molar-refractivity contribution in [3.05, 3.63) is 81.6 Å². The fraction of sp³-hybridized carbons (Fsp3) is 0.261. The highest BCUT2D eigenvalue weighted by atomic mass is 79.9. The number of aromatic nitrogens is 2. The van der Waals surface area contributed by atoms with E-state index in [9.17, 15) is 9.59 Å². The molecule has 0 radical (unpaired) electrons. The summed E-state index contributed by atoms with van der Waals surface area (Å²) >= 11 is 3.42. The fourth-order valence-corrected chi connectivity index (χ4v) is 3.93. The van der Waals surface area contributed by atoms with Crippen molar-refractivity contribution in [2.45, 2.75) is 26.3 Å². The Kier molecular flexibility index (Phi) is 5.99. The predicted molar refractivity (Wildman–Crippen MR) is 119 cm³/mol. The zero-order valence-corrected chi connectivity index (χ0v) is 18.4. The zero-order chi connectivity index (χ0) is 21.1. The minimum Gasteiger partial charge on any atom is -0.348 e. The molecule has 0 atom stereocenters. The quantitative estimate of drug-likeness (QED) is 0.614. The van der Waals surface area contributed by atoms with Crippen molar-refractivity contribution in [1.29, 1.82) is 0 Å². The maximum atomic E-state index is 12.7. The van der Waals surface area contributed by atoms with Crippen molar-refractivity contribution in [3.63, 3.8) is 0 Å². The first-order chi connectivity index (χ1) is 14.5. The highest BCUT2D eigenvalue weighted by molar-refractivity contribution is 9.10. The largest absolute Gasteiger partial charge is 0.348 e. The van der Waals surface area contributed by atoms with Crippen molar-refractivity contribution in [2.24, 2.45) is 0 Å². The summed E-state index contributed by atoms with van der Waals surface area (Å²) in [7, 11) is 0. The van der Waals surface area contributed by atoms with Gasteiger partial charge in [0.2, 0.25) is 0 Å². The van der Waals surface area contributed by atoms with Crippen LogP contribution < -0.4 is 5.32 Å². The van der Waals surface area contributed by atoms with Gasteiger partial charge in [0, 0.05) is 29.7 Å². The molecule has 154 valence electrons. The molecule has 7 heteroatoms. The summed E-state index contributed by atoms with van der Waals surface area (Å²) in [6.45, 7) is 3.87. The van der Waals surface area contributed by atoms with Gasteiger partial charge in [-0.05, 0) is 61.7 Å². The van der Waals surface area contributed by atoms with Gasteiger partial charge >= 0.3 is 0 Å². The van der Waals surface area contributed by atoms with E-state index < -0.39 is 0 Å². The molecule has 1 fully saturated rings. The van der Waals surface area contributed by atoms with E-state index in [0.717, 1.165) is 47.3 Å². The Balaban J connectivity index is 1.43. The molecular weight excluding hydrogens is 444 g/mol. The molecule has 2 amide bonds. The normalized spacial score (nSPS) is 13.5. The van der Waals surface area contributed by atoms with Crippen LogP contribution in [0.2, 0.25) is 0 Å². The number of benzene rings is 2. The van der Waals surface area contributed by atoms with Gasteiger partial charge in [-0.1, -0.05) is 28.1 Å². The van der Waals surface area contributed by atoms with Crippen molar-refractivity contribution in [1.82, 2.24) is 20.0 Å². The second kappa shape index (κ2) is 8.83. The number of halogens is 1. The second-order valence-electron chi connectivity index (χ2n) is 7.41. The minimum atomic E-state index is -0.188. The van der Waals surface area contributed by atoms with Gasteiger partial charge in [-0.15, -0.1) is 0 Å². The maximum absolute atomic E-state index is 12.7. The summed E-state index contributed by atoms with van der Waals surface area (Å²) in [4.78, 5) is 27.2. The summed E-state index contributed by atoms with van der Waals surface area (Å²) in [5.74, 6) is -0.126. The summed E-state index contributed by atoms with van der Waals surface area (Å²) in [5.41, 5.74) is 3.76. The molecule has 3 aromatic rings. The van der Waals surface area contributed by atoms with Gasteiger partial charge in [-0.25, -0.2) is 4.68 Å². The number of amides is 2. The monoisotopic (exact) mass is 466 g/mol. The van der Waals surface area contributed by atoms with Gasteiger partial charge in [0.1, 0.15) is 0 Å². The number of carbonyl (C=O) groups excluding carboxylic acids is 2. The lowest BCUT2D eigenvalue weighted by Gasteiger charge is -2.15. The van der Waals surface area contributed by atoms with Crippen LogP contribution in [0, 0.1) is 6.92 Å². The number of likely N-dealkylation sites (tertiary alicyclic amines) is 1. The third-order valence-electron chi connectivity index (χ3n) is 5.35. The molecule has 30 heavy (non-hydrogen) atoms. The Morgan fingerprint density at radius 2 is 1.83 bits per heavy atom. The van der Waals surface area contributed by atoms with E-state index in [4.69, 9.17) is 0 Å². The lowest BCUT2D eigenvalue weighted by Crippen LogP contribution is -2.28. The highest BCUT2D eigenvalue weighted by Gasteiger charge is 2.20. The average Bonchev–Trinajstić information content (AvgIpc) is 3.43. The number of carbonyl (C=O) groups is 2. The topological polar surface area (TPSA) is 67.2 Å². The average molecular weight is 467 g/mol. The number of nitrogens with one attached hydrogen (secondary N) is 1. The first-order valence-corrected chi connectivity index (χ1v) is 10.8. The molecule has 1 aliphatic rings.